The predicted molar refractivity (Wildman–Crippen MR) is 117 cm³/mol. The van der Waals surface area contributed by atoms with Crippen LogP contribution >= 0.6 is 0 Å². The molecular formula is C25H35NO2. The van der Waals surface area contributed by atoms with E-state index in [0.717, 1.165) is 57.1 Å². The SMILES string of the molecule is CCCCCOc1ccc(-c2cccc3c2CNCC3)c(OCCCCC)c1. The van der Waals surface area contributed by atoms with Crippen molar-refractivity contribution >= 4 is 0 Å². The zero-order valence-corrected chi connectivity index (χ0v) is 17.6. The average Bonchev–Trinajstić information content (AvgIpc) is 2.74. The van der Waals surface area contributed by atoms with Crippen LogP contribution in [0.3, 0.4) is 0 Å². The van der Waals surface area contributed by atoms with Crippen LogP contribution in [0.2, 0.25) is 0 Å². The monoisotopic (exact) mass is 381 g/mol. The minimum absolute atomic E-state index is 0.757. The van der Waals surface area contributed by atoms with Crippen molar-refractivity contribution in [2.45, 2.75) is 65.3 Å². The van der Waals surface area contributed by atoms with Gasteiger partial charge in [-0.3, -0.25) is 0 Å². The second kappa shape index (κ2) is 11.1. The van der Waals surface area contributed by atoms with E-state index in [0.29, 0.717) is 0 Å². The van der Waals surface area contributed by atoms with Gasteiger partial charge in [0.15, 0.2) is 0 Å². The van der Waals surface area contributed by atoms with Crippen LogP contribution in [0.25, 0.3) is 11.1 Å². The largest absolute Gasteiger partial charge is 0.493 e. The summed E-state index contributed by atoms with van der Waals surface area (Å²) in [6.45, 7) is 7.95. The molecule has 3 heteroatoms. The van der Waals surface area contributed by atoms with Gasteiger partial charge in [0, 0.05) is 18.2 Å². The van der Waals surface area contributed by atoms with Gasteiger partial charge in [-0.25, -0.2) is 0 Å². The Balaban J connectivity index is 1.84. The van der Waals surface area contributed by atoms with Gasteiger partial charge in [-0.1, -0.05) is 57.7 Å². The van der Waals surface area contributed by atoms with E-state index in [-0.39, 0.29) is 0 Å². The highest BCUT2D eigenvalue weighted by Crippen LogP contribution is 2.37. The fourth-order valence-electron chi connectivity index (χ4n) is 3.78. The van der Waals surface area contributed by atoms with Crippen molar-refractivity contribution in [2.24, 2.45) is 0 Å². The molecule has 28 heavy (non-hydrogen) atoms. The van der Waals surface area contributed by atoms with Crippen LogP contribution in [0.4, 0.5) is 0 Å². The highest BCUT2D eigenvalue weighted by atomic mass is 16.5. The van der Waals surface area contributed by atoms with Crippen molar-refractivity contribution in [2.75, 3.05) is 19.8 Å². The number of nitrogens with one attached hydrogen (secondary N) is 1. The highest BCUT2D eigenvalue weighted by molar-refractivity contribution is 5.75. The Hall–Kier alpha value is -2.00. The molecule has 1 aliphatic rings. The molecule has 0 bridgehead atoms. The van der Waals surface area contributed by atoms with Gasteiger partial charge in [-0.05, 0) is 54.6 Å². The summed E-state index contributed by atoms with van der Waals surface area (Å²) >= 11 is 0. The third kappa shape index (κ3) is 5.51. The molecule has 0 aromatic heterocycles. The second-order valence-corrected chi connectivity index (χ2v) is 7.64. The number of hydrogen-bond donors (Lipinski definition) is 1. The lowest BCUT2D eigenvalue weighted by Crippen LogP contribution is -2.24. The summed E-state index contributed by atoms with van der Waals surface area (Å²) in [6, 6.07) is 13.0. The van der Waals surface area contributed by atoms with Crippen LogP contribution < -0.4 is 14.8 Å². The normalized spacial score (nSPS) is 13.2. The minimum Gasteiger partial charge on any atom is -0.493 e. The molecule has 0 amide bonds. The smallest absolute Gasteiger partial charge is 0.130 e. The lowest BCUT2D eigenvalue weighted by molar-refractivity contribution is 0.292. The number of rotatable bonds is 11. The first kappa shape index (κ1) is 20.7. The maximum absolute atomic E-state index is 6.25. The van der Waals surface area contributed by atoms with E-state index in [1.807, 2.05) is 0 Å². The van der Waals surface area contributed by atoms with Crippen LogP contribution in [-0.2, 0) is 13.0 Å². The molecular weight excluding hydrogens is 346 g/mol. The fraction of sp³-hybridized carbons (Fsp3) is 0.520. The highest BCUT2D eigenvalue weighted by Gasteiger charge is 2.17. The average molecular weight is 382 g/mol. The molecule has 152 valence electrons. The van der Waals surface area contributed by atoms with Gasteiger partial charge < -0.3 is 14.8 Å². The van der Waals surface area contributed by atoms with Gasteiger partial charge >= 0.3 is 0 Å². The van der Waals surface area contributed by atoms with Gasteiger partial charge in [-0.2, -0.15) is 0 Å². The fourth-order valence-corrected chi connectivity index (χ4v) is 3.78. The third-order valence-electron chi connectivity index (χ3n) is 5.41. The molecule has 1 heterocycles. The Morgan fingerprint density at radius 2 is 1.64 bits per heavy atom. The molecule has 0 spiro atoms. The van der Waals surface area contributed by atoms with Crippen molar-refractivity contribution in [1.82, 2.24) is 5.32 Å². The lowest BCUT2D eigenvalue weighted by atomic mass is 9.91. The summed E-state index contributed by atoms with van der Waals surface area (Å²) in [5.74, 6) is 1.86. The van der Waals surface area contributed by atoms with Crippen molar-refractivity contribution in [3.8, 4) is 22.6 Å². The number of hydrogen-bond acceptors (Lipinski definition) is 3. The van der Waals surface area contributed by atoms with Gasteiger partial charge in [0.05, 0.1) is 13.2 Å². The van der Waals surface area contributed by atoms with Gasteiger partial charge in [-0.15, -0.1) is 0 Å². The van der Waals surface area contributed by atoms with E-state index in [9.17, 15) is 0 Å². The number of unbranched alkanes of at least 4 members (excludes halogenated alkanes) is 4. The Labute approximate surface area is 170 Å². The number of benzene rings is 2. The van der Waals surface area contributed by atoms with E-state index in [1.54, 1.807) is 0 Å². The molecule has 0 saturated carbocycles. The summed E-state index contributed by atoms with van der Waals surface area (Å²) < 4.78 is 12.2. The molecule has 2 aromatic carbocycles. The summed E-state index contributed by atoms with van der Waals surface area (Å²) in [5.41, 5.74) is 5.32. The molecule has 0 fully saturated rings. The van der Waals surface area contributed by atoms with Gasteiger partial charge in [0.25, 0.3) is 0 Å². The zero-order valence-electron chi connectivity index (χ0n) is 17.6. The topological polar surface area (TPSA) is 30.5 Å². The van der Waals surface area contributed by atoms with E-state index in [1.165, 1.54) is 47.9 Å². The summed E-state index contributed by atoms with van der Waals surface area (Å²) in [6.07, 6.45) is 8.11. The molecule has 2 aromatic rings. The van der Waals surface area contributed by atoms with Crippen LogP contribution in [0, 0.1) is 0 Å². The van der Waals surface area contributed by atoms with E-state index in [2.05, 4.69) is 55.6 Å². The minimum atomic E-state index is 0.757. The maximum Gasteiger partial charge on any atom is 0.130 e. The molecule has 1 N–H and O–H groups in total. The predicted octanol–water partition coefficient (Wildman–Crippen LogP) is 6.14. The van der Waals surface area contributed by atoms with Crippen molar-refractivity contribution in [3.63, 3.8) is 0 Å². The molecule has 0 radical (unpaired) electrons. The molecule has 0 saturated heterocycles. The maximum atomic E-state index is 6.25. The first-order valence-electron chi connectivity index (χ1n) is 11.0. The Morgan fingerprint density at radius 1 is 0.857 bits per heavy atom. The quantitative estimate of drug-likeness (QED) is 0.474. The van der Waals surface area contributed by atoms with E-state index >= 15 is 0 Å². The lowest BCUT2D eigenvalue weighted by Gasteiger charge is -2.22. The van der Waals surface area contributed by atoms with Crippen molar-refractivity contribution in [1.29, 1.82) is 0 Å². The first-order chi connectivity index (χ1) is 13.8. The Bertz CT molecular complexity index is 741. The Morgan fingerprint density at radius 3 is 2.43 bits per heavy atom. The van der Waals surface area contributed by atoms with Gasteiger partial charge in [0.1, 0.15) is 11.5 Å². The van der Waals surface area contributed by atoms with Crippen LogP contribution in [0.15, 0.2) is 36.4 Å². The van der Waals surface area contributed by atoms with Gasteiger partial charge in [0.2, 0.25) is 0 Å². The van der Waals surface area contributed by atoms with Crippen molar-refractivity contribution in [3.05, 3.63) is 47.5 Å². The van der Waals surface area contributed by atoms with E-state index < -0.39 is 0 Å². The zero-order chi connectivity index (χ0) is 19.6. The molecule has 0 aliphatic carbocycles. The molecule has 0 unspecified atom stereocenters. The van der Waals surface area contributed by atoms with Crippen LogP contribution in [0.5, 0.6) is 11.5 Å². The van der Waals surface area contributed by atoms with Crippen molar-refractivity contribution < 1.29 is 9.47 Å². The first-order valence-corrected chi connectivity index (χ1v) is 11.0. The standard InChI is InChI=1S/C25H35NO2/c1-3-5-7-16-27-21-12-13-23(25(18-21)28-17-8-6-4-2)22-11-9-10-20-14-15-26-19-24(20)22/h9-13,18,26H,3-8,14-17,19H2,1-2H3. The van der Waals surface area contributed by atoms with Crippen LogP contribution in [0.1, 0.15) is 63.5 Å². The molecule has 0 atom stereocenters. The van der Waals surface area contributed by atoms with E-state index in [4.69, 9.17) is 9.47 Å². The second-order valence-electron chi connectivity index (χ2n) is 7.64. The number of ether oxygens (including phenoxy) is 2. The van der Waals surface area contributed by atoms with Crippen LogP contribution in [-0.4, -0.2) is 19.8 Å². The molecule has 3 nitrogen and oxygen atoms in total. The third-order valence-corrected chi connectivity index (χ3v) is 5.41. The number of fused-ring (bicyclic) bond motifs is 1. The summed E-state index contributed by atoms with van der Waals surface area (Å²) in [7, 11) is 0. The summed E-state index contributed by atoms with van der Waals surface area (Å²) in [4.78, 5) is 0. The Kier molecular flexibility index (Phi) is 8.23. The molecule has 1 aliphatic heterocycles. The summed E-state index contributed by atoms with van der Waals surface area (Å²) in [5, 5.41) is 3.52. The molecule has 3 rings (SSSR count).